The lowest BCUT2D eigenvalue weighted by Crippen LogP contribution is -2.36. The number of imidazole rings is 1. The van der Waals surface area contributed by atoms with Gasteiger partial charge in [-0.15, -0.1) is 0 Å². The molecule has 0 aliphatic carbocycles. The molecule has 0 amide bonds. The Morgan fingerprint density at radius 2 is 1.34 bits per heavy atom. The van der Waals surface area contributed by atoms with Gasteiger partial charge < -0.3 is 20.9 Å². The molecule has 0 unspecified atom stereocenters. The molecule has 3 aromatic heterocycles. The SMILES string of the molecule is Cc1ccc2[nH]c(CNCc3ccc(CN(CCNCc4ccccn4)CCNCc4ccccn4)cc3)nc2c1. The number of pyridine rings is 2. The van der Waals surface area contributed by atoms with Crippen LogP contribution in [0, 0.1) is 6.92 Å². The van der Waals surface area contributed by atoms with Crippen LogP contribution in [0.25, 0.3) is 11.0 Å². The predicted octanol–water partition coefficient (Wildman–Crippen LogP) is 4.33. The van der Waals surface area contributed by atoms with Crippen LogP contribution in [0.2, 0.25) is 0 Å². The van der Waals surface area contributed by atoms with Gasteiger partial charge in [0.1, 0.15) is 5.82 Å². The summed E-state index contributed by atoms with van der Waals surface area (Å²) in [5.74, 6) is 0.964. The van der Waals surface area contributed by atoms with E-state index >= 15 is 0 Å². The van der Waals surface area contributed by atoms with Crippen molar-refractivity contribution in [3.05, 3.63) is 125 Å². The van der Waals surface area contributed by atoms with Gasteiger partial charge >= 0.3 is 0 Å². The quantitative estimate of drug-likeness (QED) is 0.136. The number of aromatic amines is 1. The molecule has 4 N–H and O–H groups in total. The Hall–Kier alpha value is -3.95. The summed E-state index contributed by atoms with van der Waals surface area (Å²) in [6.45, 7) is 9.79. The number of H-pyrrole nitrogens is 1. The number of hydrogen-bond acceptors (Lipinski definition) is 7. The van der Waals surface area contributed by atoms with Crippen LogP contribution in [0.1, 0.15) is 33.9 Å². The summed E-state index contributed by atoms with van der Waals surface area (Å²) in [7, 11) is 0. The molecule has 212 valence electrons. The Kier molecular flexibility index (Phi) is 10.6. The van der Waals surface area contributed by atoms with Gasteiger partial charge in [0.2, 0.25) is 0 Å². The zero-order valence-electron chi connectivity index (χ0n) is 23.8. The van der Waals surface area contributed by atoms with Crippen molar-refractivity contribution in [2.24, 2.45) is 0 Å². The molecular weight excluding hydrogens is 508 g/mol. The van der Waals surface area contributed by atoms with Crippen LogP contribution < -0.4 is 16.0 Å². The first kappa shape index (κ1) is 28.6. The van der Waals surface area contributed by atoms with E-state index in [1.807, 2.05) is 36.7 Å². The number of rotatable bonds is 16. The van der Waals surface area contributed by atoms with Crippen molar-refractivity contribution in [2.45, 2.75) is 39.6 Å². The van der Waals surface area contributed by atoms with Crippen LogP contribution in [-0.2, 0) is 32.7 Å². The average molecular weight is 549 g/mol. The van der Waals surface area contributed by atoms with Crippen LogP contribution >= 0.6 is 0 Å². The number of benzene rings is 2. The predicted molar refractivity (Wildman–Crippen MR) is 165 cm³/mol. The molecule has 0 aliphatic heterocycles. The Balaban J connectivity index is 1.09. The minimum atomic E-state index is 0.709. The summed E-state index contributed by atoms with van der Waals surface area (Å²) in [4.78, 5) is 19.4. The second-order valence-electron chi connectivity index (χ2n) is 10.4. The van der Waals surface area contributed by atoms with E-state index in [0.717, 1.165) is 80.6 Å². The van der Waals surface area contributed by atoms with Gasteiger partial charge in [-0.05, 0) is 60.0 Å². The van der Waals surface area contributed by atoms with Crippen molar-refractivity contribution in [2.75, 3.05) is 26.2 Å². The average Bonchev–Trinajstić information content (AvgIpc) is 3.41. The van der Waals surface area contributed by atoms with E-state index in [4.69, 9.17) is 4.98 Å². The normalized spacial score (nSPS) is 11.5. The zero-order valence-corrected chi connectivity index (χ0v) is 23.8. The van der Waals surface area contributed by atoms with Crippen LogP contribution in [0.3, 0.4) is 0 Å². The van der Waals surface area contributed by atoms with E-state index in [1.54, 1.807) is 0 Å². The molecule has 41 heavy (non-hydrogen) atoms. The topological polar surface area (TPSA) is 93.8 Å². The van der Waals surface area contributed by atoms with Crippen LogP contribution in [0.4, 0.5) is 0 Å². The first-order valence-corrected chi connectivity index (χ1v) is 14.4. The maximum absolute atomic E-state index is 4.71. The molecule has 0 radical (unpaired) electrons. The summed E-state index contributed by atoms with van der Waals surface area (Å²) >= 11 is 0. The molecule has 0 atom stereocenters. The third-order valence-corrected chi connectivity index (χ3v) is 7.01. The Labute approximate surface area is 242 Å². The first-order chi connectivity index (χ1) is 20.2. The maximum Gasteiger partial charge on any atom is 0.121 e. The van der Waals surface area contributed by atoms with Gasteiger partial charge in [0.25, 0.3) is 0 Å². The highest BCUT2D eigenvalue weighted by atomic mass is 15.2. The number of nitrogens with one attached hydrogen (secondary N) is 4. The largest absolute Gasteiger partial charge is 0.341 e. The summed E-state index contributed by atoms with van der Waals surface area (Å²) in [5.41, 5.74) is 8.04. The number of nitrogens with zero attached hydrogens (tertiary/aromatic N) is 4. The van der Waals surface area contributed by atoms with Crippen molar-refractivity contribution in [3.63, 3.8) is 0 Å². The number of aromatic nitrogens is 4. The highest BCUT2D eigenvalue weighted by molar-refractivity contribution is 5.75. The second-order valence-corrected chi connectivity index (χ2v) is 10.4. The fraction of sp³-hybridized carbons (Fsp3) is 0.303. The third kappa shape index (κ3) is 9.30. The fourth-order valence-electron chi connectivity index (χ4n) is 4.78. The molecule has 8 nitrogen and oxygen atoms in total. The highest BCUT2D eigenvalue weighted by Crippen LogP contribution is 2.13. The monoisotopic (exact) mass is 548 g/mol. The van der Waals surface area contributed by atoms with Gasteiger partial charge in [0, 0.05) is 64.8 Å². The lowest BCUT2D eigenvalue weighted by Gasteiger charge is -2.23. The molecule has 2 aromatic carbocycles. The van der Waals surface area contributed by atoms with E-state index < -0.39 is 0 Å². The molecule has 0 saturated carbocycles. The van der Waals surface area contributed by atoms with Crippen LogP contribution in [0.5, 0.6) is 0 Å². The lowest BCUT2D eigenvalue weighted by molar-refractivity contribution is 0.263. The number of hydrogen-bond donors (Lipinski definition) is 4. The molecular formula is C33H40N8. The summed E-state index contributed by atoms with van der Waals surface area (Å²) in [6, 6.07) is 27.3. The minimum Gasteiger partial charge on any atom is -0.341 e. The van der Waals surface area contributed by atoms with E-state index in [9.17, 15) is 0 Å². The molecule has 0 fully saturated rings. The minimum absolute atomic E-state index is 0.709. The Bertz CT molecular complexity index is 1400. The summed E-state index contributed by atoms with van der Waals surface area (Å²) < 4.78 is 0. The molecule has 0 aliphatic rings. The lowest BCUT2D eigenvalue weighted by atomic mass is 10.1. The number of fused-ring (bicyclic) bond motifs is 1. The molecule has 5 rings (SSSR count). The van der Waals surface area contributed by atoms with Gasteiger partial charge in [-0.1, -0.05) is 42.5 Å². The standard InChI is InChI=1S/C33H40N8/c1-26-8-13-31-32(20-26)40-33(39-31)24-36-21-27-9-11-28(12-10-27)25-41(18-16-34-22-29-6-2-4-14-37-29)19-17-35-23-30-7-3-5-15-38-30/h2-15,20,34-36H,16-19,21-25H2,1H3,(H,39,40). The summed E-state index contributed by atoms with van der Waals surface area (Å²) in [5, 5.41) is 10.6. The zero-order chi connectivity index (χ0) is 28.1. The van der Waals surface area contributed by atoms with Crippen molar-refractivity contribution < 1.29 is 0 Å². The molecule has 5 aromatic rings. The molecule has 8 heteroatoms. The van der Waals surface area contributed by atoms with Gasteiger partial charge in [-0.2, -0.15) is 0 Å². The van der Waals surface area contributed by atoms with E-state index in [1.165, 1.54) is 16.7 Å². The van der Waals surface area contributed by atoms with Crippen LogP contribution in [0.15, 0.2) is 91.3 Å². The highest BCUT2D eigenvalue weighted by Gasteiger charge is 2.08. The third-order valence-electron chi connectivity index (χ3n) is 7.01. The number of aryl methyl sites for hydroxylation is 1. The second kappa shape index (κ2) is 15.2. The maximum atomic E-state index is 4.71. The smallest absolute Gasteiger partial charge is 0.121 e. The molecule has 0 saturated heterocycles. The van der Waals surface area contributed by atoms with Crippen molar-refractivity contribution in [3.8, 4) is 0 Å². The van der Waals surface area contributed by atoms with E-state index in [-0.39, 0.29) is 0 Å². The van der Waals surface area contributed by atoms with Crippen molar-refractivity contribution in [1.29, 1.82) is 0 Å². The van der Waals surface area contributed by atoms with Crippen molar-refractivity contribution >= 4 is 11.0 Å². The Morgan fingerprint density at radius 3 is 1.98 bits per heavy atom. The van der Waals surface area contributed by atoms with E-state index in [2.05, 4.69) is 97.3 Å². The summed E-state index contributed by atoms with van der Waals surface area (Å²) in [6.07, 6.45) is 3.69. The molecule has 0 spiro atoms. The Morgan fingerprint density at radius 1 is 0.683 bits per heavy atom. The van der Waals surface area contributed by atoms with Crippen LogP contribution in [-0.4, -0.2) is 51.0 Å². The molecule has 0 bridgehead atoms. The molecule has 3 heterocycles. The fourth-order valence-corrected chi connectivity index (χ4v) is 4.78. The first-order valence-electron chi connectivity index (χ1n) is 14.4. The van der Waals surface area contributed by atoms with E-state index in [0.29, 0.717) is 6.54 Å². The van der Waals surface area contributed by atoms with Gasteiger partial charge in [0.15, 0.2) is 0 Å². The van der Waals surface area contributed by atoms with Gasteiger partial charge in [-0.25, -0.2) is 4.98 Å². The van der Waals surface area contributed by atoms with Gasteiger partial charge in [-0.3, -0.25) is 14.9 Å². The van der Waals surface area contributed by atoms with Gasteiger partial charge in [0.05, 0.1) is 29.0 Å². The van der Waals surface area contributed by atoms with Crippen molar-refractivity contribution in [1.82, 2.24) is 40.8 Å².